The number of ether oxygens (including phenoxy) is 1. The summed E-state index contributed by atoms with van der Waals surface area (Å²) in [4.78, 5) is 23.9. The molecule has 2 aromatic rings. The molecular weight excluding hydrogens is 276 g/mol. The second-order valence-corrected chi connectivity index (χ2v) is 5.30. The van der Waals surface area contributed by atoms with Gasteiger partial charge < -0.3 is 14.6 Å². The van der Waals surface area contributed by atoms with Crippen LogP contribution >= 0.6 is 11.3 Å². The second-order valence-electron chi connectivity index (χ2n) is 4.34. The molecule has 0 spiro atoms. The molecule has 5 nitrogen and oxygen atoms in total. The average Bonchev–Trinajstić information content (AvgIpc) is 2.72. The number of carbonyl (C=O) groups is 1. The Morgan fingerprint density at radius 2 is 2.10 bits per heavy atom. The molecule has 1 amide bonds. The molecule has 0 saturated heterocycles. The lowest BCUT2D eigenvalue weighted by Crippen LogP contribution is -2.23. The van der Waals surface area contributed by atoms with E-state index in [0.29, 0.717) is 17.1 Å². The Hall–Kier alpha value is -2.08. The van der Waals surface area contributed by atoms with E-state index >= 15 is 0 Å². The summed E-state index contributed by atoms with van der Waals surface area (Å²) in [5, 5.41) is 2.81. The maximum Gasteiger partial charge on any atom is 0.307 e. The molecule has 1 aromatic heterocycles. The summed E-state index contributed by atoms with van der Waals surface area (Å²) in [6.07, 6.45) is 0. The van der Waals surface area contributed by atoms with Gasteiger partial charge in [-0.05, 0) is 13.0 Å². The fourth-order valence-corrected chi connectivity index (χ4v) is 2.73. The summed E-state index contributed by atoms with van der Waals surface area (Å²) in [6.45, 7) is 2.12. The maximum atomic E-state index is 12.1. The van der Waals surface area contributed by atoms with Crippen LogP contribution in [0.25, 0.3) is 0 Å². The van der Waals surface area contributed by atoms with Gasteiger partial charge in [0.25, 0.3) is 5.91 Å². The van der Waals surface area contributed by atoms with Gasteiger partial charge >= 0.3 is 4.87 Å². The highest BCUT2D eigenvalue weighted by Crippen LogP contribution is 2.17. The number of methoxy groups -OCH3 is 1. The Morgan fingerprint density at radius 3 is 2.70 bits per heavy atom. The lowest BCUT2D eigenvalue weighted by atomic mass is 10.2. The van der Waals surface area contributed by atoms with E-state index < -0.39 is 0 Å². The first-order chi connectivity index (χ1) is 9.54. The Kier molecular flexibility index (Phi) is 4.24. The molecule has 0 aliphatic heterocycles. The third-order valence-corrected chi connectivity index (χ3v) is 4.27. The lowest BCUT2D eigenvalue weighted by molar-refractivity contribution is 0.0953. The smallest absolute Gasteiger partial charge is 0.307 e. The average molecular weight is 292 g/mol. The number of nitrogens with zero attached hydrogens (tertiary/aromatic N) is 1. The molecule has 6 heteroatoms. The number of carbonyl (C=O) groups excluding carboxylic acids is 1. The van der Waals surface area contributed by atoms with E-state index in [-0.39, 0.29) is 10.8 Å². The fraction of sp³-hybridized carbons (Fsp3) is 0.286. The highest BCUT2D eigenvalue weighted by atomic mass is 32.1. The van der Waals surface area contributed by atoms with Crippen molar-refractivity contribution in [1.82, 2.24) is 9.88 Å². The van der Waals surface area contributed by atoms with Gasteiger partial charge in [0.2, 0.25) is 0 Å². The van der Waals surface area contributed by atoms with Gasteiger partial charge in [-0.25, -0.2) is 0 Å². The third kappa shape index (κ3) is 2.75. The predicted octanol–water partition coefficient (Wildman–Crippen LogP) is 1.69. The normalized spacial score (nSPS) is 10.3. The minimum absolute atomic E-state index is 0.134. The SMILES string of the molecule is COc1ccccc1CNC(=O)c1sc(=O)n(C)c1C. The van der Waals surface area contributed by atoms with Crippen LogP contribution in [0.1, 0.15) is 20.9 Å². The van der Waals surface area contributed by atoms with Crippen LogP contribution < -0.4 is 14.9 Å². The van der Waals surface area contributed by atoms with Gasteiger partial charge in [0.1, 0.15) is 10.6 Å². The first-order valence-corrected chi connectivity index (χ1v) is 6.92. The van der Waals surface area contributed by atoms with E-state index in [9.17, 15) is 9.59 Å². The number of rotatable bonds is 4. The molecule has 20 heavy (non-hydrogen) atoms. The highest BCUT2D eigenvalue weighted by molar-refractivity contribution is 7.11. The summed E-state index contributed by atoms with van der Waals surface area (Å²) in [5.41, 5.74) is 1.57. The number of para-hydroxylation sites is 1. The molecule has 0 unspecified atom stereocenters. The molecule has 1 heterocycles. The number of nitrogens with one attached hydrogen (secondary N) is 1. The van der Waals surface area contributed by atoms with Crippen molar-refractivity contribution in [2.45, 2.75) is 13.5 Å². The van der Waals surface area contributed by atoms with Crippen molar-refractivity contribution in [3.63, 3.8) is 0 Å². The van der Waals surface area contributed by atoms with Crippen LogP contribution in [0.3, 0.4) is 0 Å². The van der Waals surface area contributed by atoms with Gasteiger partial charge in [-0.15, -0.1) is 0 Å². The van der Waals surface area contributed by atoms with Gasteiger partial charge in [0.05, 0.1) is 7.11 Å². The number of benzene rings is 1. The number of aromatic nitrogens is 1. The standard InChI is InChI=1S/C14H16N2O3S/c1-9-12(20-14(18)16(9)2)13(17)15-8-10-6-4-5-7-11(10)19-3/h4-7H,8H2,1-3H3,(H,15,17). The van der Waals surface area contributed by atoms with E-state index in [1.54, 1.807) is 21.1 Å². The van der Waals surface area contributed by atoms with Gasteiger partial charge in [-0.2, -0.15) is 0 Å². The van der Waals surface area contributed by atoms with E-state index in [4.69, 9.17) is 4.74 Å². The van der Waals surface area contributed by atoms with Crippen LogP contribution in [0.2, 0.25) is 0 Å². The molecule has 0 radical (unpaired) electrons. The van der Waals surface area contributed by atoms with Gasteiger partial charge in [-0.3, -0.25) is 9.59 Å². The van der Waals surface area contributed by atoms with Crippen LogP contribution in [-0.2, 0) is 13.6 Å². The zero-order valence-corrected chi connectivity index (χ0v) is 12.4. The zero-order valence-electron chi connectivity index (χ0n) is 11.6. The molecule has 1 aromatic carbocycles. The molecule has 0 aliphatic rings. The van der Waals surface area contributed by atoms with E-state index in [2.05, 4.69) is 5.32 Å². The maximum absolute atomic E-state index is 12.1. The van der Waals surface area contributed by atoms with Crippen molar-refractivity contribution in [1.29, 1.82) is 0 Å². The summed E-state index contributed by atoms with van der Waals surface area (Å²) < 4.78 is 6.70. The Morgan fingerprint density at radius 1 is 1.40 bits per heavy atom. The van der Waals surface area contributed by atoms with Crippen LogP contribution in [-0.4, -0.2) is 17.6 Å². The molecule has 106 valence electrons. The first-order valence-electron chi connectivity index (χ1n) is 6.11. The van der Waals surface area contributed by atoms with Crippen molar-refractivity contribution >= 4 is 17.2 Å². The van der Waals surface area contributed by atoms with Crippen LogP contribution in [0, 0.1) is 6.92 Å². The van der Waals surface area contributed by atoms with Crippen LogP contribution in [0.15, 0.2) is 29.1 Å². The van der Waals surface area contributed by atoms with Gasteiger partial charge in [0, 0.05) is 24.8 Å². The zero-order chi connectivity index (χ0) is 14.7. The van der Waals surface area contributed by atoms with E-state index in [1.807, 2.05) is 24.3 Å². The highest BCUT2D eigenvalue weighted by Gasteiger charge is 2.15. The molecule has 0 fully saturated rings. The number of hydrogen-bond acceptors (Lipinski definition) is 4. The van der Waals surface area contributed by atoms with Crippen molar-refractivity contribution in [3.8, 4) is 5.75 Å². The largest absolute Gasteiger partial charge is 0.496 e. The summed E-state index contributed by atoms with van der Waals surface area (Å²) in [6, 6.07) is 7.49. The van der Waals surface area contributed by atoms with Crippen LogP contribution in [0.5, 0.6) is 5.75 Å². The van der Waals surface area contributed by atoms with E-state index in [0.717, 1.165) is 22.6 Å². The van der Waals surface area contributed by atoms with Crippen molar-refractivity contribution in [2.75, 3.05) is 7.11 Å². The molecular formula is C14H16N2O3S. The quantitative estimate of drug-likeness (QED) is 0.933. The van der Waals surface area contributed by atoms with Crippen molar-refractivity contribution in [3.05, 3.63) is 50.1 Å². The number of amides is 1. The van der Waals surface area contributed by atoms with Crippen molar-refractivity contribution < 1.29 is 9.53 Å². The van der Waals surface area contributed by atoms with E-state index in [1.165, 1.54) is 4.57 Å². The topological polar surface area (TPSA) is 60.3 Å². The molecule has 2 rings (SSSR count). The molecule has 1 N–H and O–H groups in total. The third-order valence-electron chi connectivity index (χ3n) is 3.13. The van der Waals surface area contributed by atoms with Crippen molar-refractivity contribution in [2.24, 2.45) is 7.05 Å². The Labute approximate surface area is 120 Å². The molecule has 0 bridgehead atoms. The molecule has 0 atom stereocenters. The number of thiazole rings is 1. The Balaban J connectivity index is 2.13. The lowest BCUT2D eigenvalue weighted by Gasteiger charge is -2.09. The van der Waals surface area contributed by atoms with Gasteiger partial charge in [0.15, 0.2) is 0 Å². The summed E-state index contributed by atoms with van der Waals surface area (Å²) >= 11 is 0.958. The van der Waals surface area contributed by atoms with Crippen LogP contribution in [0.4, 0.5) is 0 Å². The summed E-state index contributed by atoms with van der Waals surface area (Å²) in [7, 11) is 3.25. The fourth-order valence-electron chi connectivity index (χ4n) is 1.83. The van der Waals surface area contributed by atoms with Gasteiger partial charge in [-0.1, -0.05) is 29.5 Å². The Bertz CT molecular complexity index is 688. The molecule has 0 aliphatic carbocycles. The molecule has 0 saturated carbocycles. The summed E-state index contributed by atoms with van der Waals surface area (Å²) in [5.74, 6) is 0.488. The minimum Gasteiger partial charge on any atom is -0.496 e. The minimum atomic E-state index is -0.240. The monoisotopic (exact) mass is 292 g/mol. The predicted molar refractivity (Wildman–Crippen MR) is 78.5 cm³/mol. The first kappa shape index (κ1) is 14.3. The number of hydrogen-bond donors (Lipinski definition) is 1. The second kappa shape index (κ2) is 5.92.